The number of hydrogen-bond donors (Lipinski definition) is 2. The van der Waals surface area contributed by atoms with Gasteiger partial charge in [0.2, 0.25) is 0 Å². The van der Waals surface area contributed by atoms with Crippen molar-refractivity contribution in [1.29, 1.82) is 0 Å². The number of aromatic nitrogens is 2. The molecule has 2 N–H and O–H groups in total. The van der Waals surface area contributed by atoms with Gasteiger partial charge in [-0.15, -0.1) is 0 Å². The number of thiocarbonyl (C=S) groups is 1. The van der Waals surface area contributed by atoms with Gasteiger partial charge in [-0.1, -0.05) is 0 Å². The average Bonchev–Trinajstić information content (AvgIpc) is 3.28. The zero-order valence-corrected chi connectivity index (χ0v) is 18.4. The second kappa shape index (κ2) is 8.82. The summed E-state index contributed by atoms with van der Waals surface area (Å²) in [6, 6.07) is 11.6. The quantitative estimate of drug-likeness (QED) is 0.285. The van der Waals surface area contributed by atoms with E-state index in [-0.39, 0.29) is 23.5 Å². The summed E-state index contributed by atoms with van der Waals surface area (Å²) < 4.78 is 51.1. The highest BCUT2D eigenvalue weighted by molar-refractivity contribution is 7.80. The molecule has 1 aliphatic rings. The van der Waals surface area contributed by atoms with E-state index in [1.54, 1.807) is 28.8 Å². The topological polar surface area (TPSA) is 103 Å². The van der Waals surface area contributed by atoms with E-state index < -0.39 is 22.3 Å². The van der Waals surface area contributed by atoms with E-state index in [9.17, 15) is 23.3 Å². The molecule has 1 unspecified atom stereocenters. The molecular weight excluding hydrogens is 475 g/mol. The highest BCUT2D eigenvalue weighted by atomic mass is 32.1. The molecule has 178 valence electrons. The third kappa shape index (κ3) is 5.36. The van der Waals surface area contributed by atoms with E-state index >= 15 is 0 Å². The third-order valence-electron chi connectivity index (χ3n) is 4.88. The molecule has 0 spiro atoms. The minimum atomic E-state index is -4.40. The minimum absolute atomic E-state index is 0.173. The Kier molecular flexibility index (Phi) is 6.04. The largest absolute Gasteiger partial charge is 0.489 e. The number of benzene rings is 2. The second-order valence-corrected chi connectivity index (χ2v) is 8.19. The van der Waals surface area contributed by atoms with Crippen LogP contribution in [0.2, 0.25) is 0 Å². The maximum absolute atomic E-state index is 12.7. The molecule has 0 saturated carbocycles. The van der Waals surface area contributed by atoms with Crippen LogP contribution in [0.3, 0.4) is 0 Å². The Balaban J connectivity index is 1.27. The van der Waals surface area contributed by atoms with Gasteiger partial charge in [-0.05, 0) is 72.6 Å². The maximum Gasteiger partial charge on any atom is 0.416 e. The second-order valence-electron chi connectivity index (χ2n) is 7.79. The monoisotopic (exact) mass is 493 g/mol. The summed E-state index contributed by atoms with van der Waals surface area (Å²) in [5.74, 6) is 0.291. The predicted octanol–water partition coefficient (Wildman–Crippen LogP) is 4.85. The predicted molar refractivity (Wildman–Crippen MR) is 121 cm³/mol. The molecule has 9 nitrogen and oxygen atoms in total. The van der Waals surface area contributed by atoms with Gasteiger partial charge in [-0.2, -0.15) is 13.2 Å². The Morgan fingerprint density at radius 2 is 1.79 bits per heavy atom. The summed E-state index contributed by atoms with van der Waals surface area (Å²) >= 11 is 5.20. The fraction of sp³-hybridized carbons (Fsp3) is 0.238. The van der Waals surface area contributed by atoms with Gasteiger partial charge in [0.25, 0.3) is 0 Å². The Bertz CT molecular complexity index is 1190. The number of alkyl halides is 3. The van der Waals surface area contributed by atoms with Crippen LogP contribution in [-0.4, -0.2) is 31.8 Å². The molecule has 1 aromatic heterocycles. The molecule has 3 aromatic rings. The van der Waals surface area contributed by atoms with E-state index in [1.165, 1.54) is 18.3 Å². The molecule has 2 aromatic carbocycles. The summed E-state index contributed by atoms with van der Waals surface area (Å²) in [7, 11) is 0. The number of fused-ring (bicyclic) bond motifs is 1. The average molecular weight is 493 g/mol. The number of nitrogens with zero attached hydrogens (tertiary/aromatic N) is 3. The van der Waals surface area contributed by atoms with Gasteiger partial charge in [0.05, 0.1) is 12.1 Å². The minimum Gasteiger partial charge on any atom is -0.489 e. The number of rotatable bonds is 6. The Hall–Kier alpha value is -3.87. The Morgan fingerprint density at radius 3 is 2.32 bits per heavy atom. The van der Waals surface area contributed by atoms with Gasteiger partial charge in [-0.25, -0.2) is 0 Å². The van der Waals surface area contributed by atoms with Crippen LogP contribution in [-0.2, 0) is 12.7 Å². The SMILES string of the molecule is CC1(COc2ccc(NC(=S)Nc3ccc(C(F)(F)F)cc3)cc2)Cn2cc([N+](=O)[O-])nc2O1. The number of halogens is 3. The molecule has 4 rings (SSSR count). The lowest BCUT2D eigenvalue weighted by molar-refractivity contribution is -0.389. The molecule has 34 heavy (non-hydrogen) atoms. The normalized spacial score (nSPS) is 16.9. The number of nitrogens with one attached hydrogen (secondary N) is 2. The van der Waals surface area contributed by atoms with Crippen molar-refractivity contribution in [1.82, 2.24) is 9.55 Å². The number of hydrogen-bond acceptors (Lipinski definition) is 6. The molecule has 13 heteroatoms. The lowest BCUT2D eigenvalue weighted by Gasteiger charge is -2.22. The molecule has 0 saturated heterocycles. The summed E-state index contributed by atoms with van der Waals surface area (Å²) in [6.07, 6.45) is -3.08. The van der Waals surface area contributed by atoms with Crippen LogP contribution in [0.25, 0.3) is 0 Å². The van der Waals surface area contributed by atoms with Crippen LogP contribution in [0.5, 0.6) is 11.8 Å². The van der Waals surface area contributed by atoms with Crippen LogP contribution >= 0.6 is 12.2 Å². The highest BCUT2D eigenvalue weighted by Gasteiger charge is 2.41. The van der Waals surface area contributed by atoms with Gasteiger partial charge in [0.15, 0.2) is 10.7 Å². The molecule has 1 atom stereocenters. The fourth-order valence-corrected chi connectivity index (χ4v) is 3.50. The number of ether oxygens (including phenoxy) is 2. The third-order valence-corrected chi connectivity index (χ3v) is 5.09. The standard InChI is InChI=1S/C21H18F3N5O4S/c1-20(11-28-10-17(29(30)31)27-19(28)33-20)12-32-16-8-6-15(7-9-16)26-18(34)25-14-4-2-13(3-5-14)21(22,23)24/h2-10H,11-12H2,1H3,(H2,25,26,34). The van der Waals surface area contributed by atoms with Crippen molar-refractivity contribution < 1.29 is 27.6 Å². The van der Waals surface area contributed by atoms with E-state index in [0.717, 1.165) is 12.1 Å². The molecule has 0 radical (unpaired) electrons. The Labute approximate surface area is 196 Å². The summed E-state index contributed by atoms with van der Waals surface area (Å²) in [5, 5.41) is 16.8. The van der Waals surface area contributed by atoms with Crippen LogP contribution in [0, 0.1) is 10.1 Å². The first-order chi connectivity index (χ1) is 16.0. The zero-order valence-electron chi connectivity index (χ0n) is 17.6. The molecule has 0 fully saturated rings. The van der Waals surface area contributed by atoms with E-state index in [2.05, 4.69) is 15.6 Å². The number of anilines is 2. The fourth-order valence-electron chi connectivity index (χ4n) is 3.26. The maximum atomic E-state index is 12.7. The summed E-state index contributed by atoms with van der Waals surface area (Å²) in [5.41, 5.74) is -0.412. The van der Waals surface area contributed by atoms with Gasteiger partial charge >= 0.3 is 18.0 Å². The Morgan fingerprint density at radius 1 is 1.21 bits per heavy atom. The lowest BCUT2D eigenvalue weighted by Crippen LogP contribution is -2.38. The van der Waals surface area contributed by atoms with Crippen LogP contribution < -0.4 is 20.1 Å². The van der Waals surface area contributed by atoms with Gasteiger partial charge in [-0.3, -0.25) is 4.57 Å². The van der Waals surface area contributed by atoms with Gasteiger partial charge in [0.1, 0.15) is 18.6 Å². The van der Waals surface area contributed by atoms with Crippen LogP contribution in [0.4, 0.5) is 30.4 Å². The van der Waals surface area contributed by atoms with Crippen LogP contribution in [0.1, 0.15) is 12.5 Å². The van der Waals surface area contributed by atoms with Gasteiger partial charge < -0.3 is 30.2 Å². The molecule has 0 bridgehead atoms. The van der Waals surface area contributed by atoms with E-state index in [0.29, 0.717) is 23.7 Å². The molecule has 1 aliphatic heterocycles. The number of nitro groups is 1. The molecular formula is C21H18F3N5O4S. The van der Waals surface area contributed by atoms with E-state index in [1.807, 2.05) is 6.92 Å². The highest BCUT2D eigenvalue weighted by Crippen LogP contribution is 2.32. The van der Waals surface area contributed by atoms with Crippen molar-refractivity contribution in [3.8, 4) is 11.8 Å². The van der Waals surface area contributed by atoms with Crippen LogP contribution in [0.15, 0.2) is 54.7 Å². The van der Waals surface area contributed by atoms with Crippen molar-refractivity contribution in [2.45, 2.75) is 25.2 Å². The summed E-state index contributed by atoms with van der Waals surface area (Å²) in [6.45, 7) is 2.35. The van der Waals surface area contributed by atoms with Crippen molar-refractivity contribution in [3.05, 3.63) is 70.4 Å². The molecule has 2 heterocycles. The van der Waals surface area contributed by atoms with Crippen molar-refractivity contribution in [3.63, 3.8) is 0 Å². The first-order valence-electron chi connectivity index (χ1n) is 9.89. The van der Waals surface area contributed by atoms with Crippen molar-refractivity contribution in [2.75, 3.05) is 17.2 Å². The first-order valence-corrected chi connectivity index (χ1v) is 10.3. The molecule has 0 amide bonds. The zero-order chi connectivity index (χ0) is 24.5. The first kappa shape index (κ1) is 23.3. The molecule has 0 aliphatic carbocycles. The summed E-state index contributed by atoms with van der Waals surface area (Å²) in [4.78, 5) is 14.1. The number of imidazole rings is 1. The van der Waals surface area contributed by atoms with Gasteiger partial charge in [0, 0.05) is 16.4 Å². The van der Waals surface area contributed by atoms with E-state index in [4.69, 9.17) is 21.7 Å². The lowest BCUT2D eigenvalue weighted by atomic mass is 10.1. The van der Waals surface area contributed by atoms with Crippen molar-refractivity contribution >= 4 is 34.5 Å². The smallest absolute Gasteiger partial charge is 0.416 e. The van der Waals surface area contributed by atoms with Crippen molar-refractivity contribution in [2.24, 2.45) is 0 Å².